The van der Waals surface area contributed by atoms with Gasteiger partial charge >= 0.3 is 6.18 Å². The van der Waals surface area contributed by atoms with Gasteiger partial charge < -0.3 is 0 Å². The van der Waals surface area contributed by atoms with Crippen LogP contribution in [0.15, 0.2) is 71.6 Å². The van der Waals surface area contributed by atoms with Crippen molar-refractivity contribution < 1.29 is 21.8 Å². The smallest absolute Gasteiger partial charge is 0.254 e. The summed E-state index contributed by atoms with van der Waals surface area (Å²) in [6.07, 6.45) is -3.38. The van der Waals surface area contributed by atoms with Gasteiger partial charge in [-0.15, -0.1) is 0 Å². The standard InChI is InChI=1S/C23H16Cl2F4OS/c24-18-6-1-15(2-7-18)11-21(31(30)14-16-3-8-19(25)9-4-16)12-17-5-10-20(26)13-22(17)23(27,28)29/h1-10,12-13H,11,14H2. The van der Waals surface area contributed by atoms with Gasteiger partial charge in [0.05, 0.1) is 22.1 Å². The first-order valence-corrected chi connectivity index (χ1v) is 11.1. The molecule has 0 amide bonds. The van der Waals surface area contributed by atoms with Crippen LogP contribution in [0.5, 0.6) is 0 Å². The third-order valence-electron chi connectivity index (χ3n) is 4.43. The Bertz CT molecular complexity index is 1110. The third kappa shape index (κ3) is 6.66. The Labute approximate surface area is 189 Å². The summed E-state index contributed by atoms with van der Waals surface area (Å²) in [4.78, 5) is 0.273. The Hall–Kier alpha value is -2.15. The predicted octanol–water partition coefficient (Wildman–Crippen LogP) is 7.68. The van der Waals surface area contributed by atoms with Crippen LogP contribution in [-0.2, 0) is 29.1 Å². The van der Waals surface area contributed by atoms with E-state index in [2.05, 4.69) is 0 Å². The van der Waals surface area contributed by atoms with E-state index in [9.17, 15) is 21.8 Å². The second-order valence-corrected chi connectivity index (χ2v) is 9.14. The molecular weight excluding hydrogens is 471 g/mol. The van der Waals surface area contributed by atoms with Crippen LogP contribution in [0.4, 0.5) is 17.6 Å². The Morgan fingerprint density at radius 1 is 0.871 bits per heavy atom. The van der Waals surface area contributed by atoms with E-state index >= 15 is 0 Å². The summed E-state index contributed by atoms with van der Waals surface area (Å²) in [5, 5.41) is 1.03. The molecule has 3 aromatic rings. The molecule has 0 aliphatic rings. The van der Waals surface area contributed by atoms with E-state index in [1.165, 1.54) is 6.08 Å². The summed E-state index contributed by atoms with van der Waals surface area (Å²) < 4.78 is 66.9. The van der Waals surface area contributed by atoms with Crippen LogP contribution in [0, 0.1) is 5.82 Å². The second kappa shape index (κ2) is 9.98. The highest BCUT2D eigenvalue weighted by Gasteiger charge is 2.33. The monoisotopic (exact) mass is 486 g/mol. The van der Waals surface area contributed by atoms with E-state index in [1.54, 1.807) is 48.5 Å². The Morgan fingerprint density at radius 2 is 1.42 bits per heavy atom. The van der Waals surface area contributed by atoms with E-state index < -0.39 is 28.4 Å². The van der Waals surface area contributed by atoms with Crippen LogP contribution in [0.2, 0.25) is 10.0 Å². The van der Waals surface area contributed by atoms with E-state index in [-0.39, 0.29) is 22.6 Å². The lowest BCUT2D eigenvalue weighted by atomic mass is 10.0. The van der Waals surface area contributed by atoms with Crippen molar-refractivity contribution >= 4 is 40.1 Å². The van der Waals surface area contributed by atoms with Gasteiger partial charge in [-0.25, -0.2) is 4.39 Å². The molecule has 0 saturated heterocycles. The van der Waals surface area contributed by atoms with Crippen molar-refractivity contribution in [2.45, 2.75) is 18.3 Å². The van der Waals surface area contributed by atoms with Gasteiger partial charge in [-0.3, -0.25) is 4.21 Å². The number of halogens is 6. The van der Waals surface area contributed by atoms with Crippen LogP contribution in [-0.4, -0.2) is 4.21 Å². The van der Waals surface area contributed by atoms with Gasteiger partial charge in [-0.1, -0.05) is 53.5 Å². The normalized spacial score (nSPS) is 13.3. The molecule has 8 heteroatoms. The fraction of sp³-hybridized carbons (Fsp3) is 0.130. The number of hydrogen-bond donors (Lipinski definition) is 0. The van der Waals surface area contributed by atoms with E-state index in [0.717, 1.165) is 23.3 Å². The van der Waals surface area contributed by atoms with Gasteiger partial charge in [0.15, 0.2) is 0 Å². The van der Waals surface area contributed by atoms with Crippen molar-refractivity contribution in [3.8, 4) is 0 Å². The molecule has 3 aromatic carbocycles. The lowest BCUT2D eigenvalue weighted by Gasteiger charge is -2.13. The minimum absolute atomic E-state index is 0.0964. The van der Waals surface area contributed by atoms with Crippen molar-refractivity contribution in [1.29, 1.82) is 0 Å². The number of hydrogen-bond acceptors (Lipinski definition) is 1. The summed E-state index contributed by atoms with van der Waals surface area (Å²) >= 11 is 11.8. The summed E-state index contributed by atoms with van der Waals surface area (Å²) in [5.41, 5.74) is 0.0857. The van der Waals surface area contributed by atoms with Crippen LogP contribution >= 0.6 is 23.2 Å². The molecule has 0 aliphatic heterocycles. The van der Waals surface area contributed by atoms with E-state index in [1.807, 2.05) is 0 Å². The maximum absolute atomic E-state index is 13.5. The lowest BCUT2D eigenvalue weighted by Crippen LogP contribution is -2.09. The molecule has 0 radical (unpaired) electrons. The molecule has 162 valence electrons. The fourth-order valence-corrected chi connectivity index (χ4v) is 4.42. The summed E-state index contributed by atoms with van der Waals surface area (Å²) in [6, 6.07) is 15.9. The van der Waals surface area contributed by atoms with Crippen molar-refractivity contribution in [2.24, 2.45) is 0 Å². The lowest BCUT2D eigenvalue weighted by molar-refractivity contribution is -0.137. The molecule has 3 rings (SSSR count). The number of rotatable bonds is 6. The maximum Gasteiger partial charge on any atom is 0.417 e. The van der Waals surface area contributed by atoms with Crippen LogP contribution < -0.4 is 0 Å². The Balaban J connectivity index is 2.02. The average Bonchev–Trinajstić information content (AvgIpc) is 2.71. The largest absolute Gasteiger partial charge is 0.417 e. The molecule has 0 bridgehead atoms. The van der Waals surface area contributed by atoms with Gasteiger partial charge in [-0.2, -0.15) is 13.2 Å². The molecule has 0 fully saturated rings. The molecule has 1 unspecified atom stereocenters. The van der Waals surface area contributed by atoms with E-state index in [4.69, 9.17) is 23.2 Å². The third-order valence-corrected chi connectivity index (χ3v) is 6.38. The first-order valence-electron chi connectivity index (χ1n) is 9.06. The maximum atomic E-state index is 13.5. The zero-order valence-electron chi connectivity index (χ0n) is 15.9. The van der Waals surface area contributed by atoms with Gasteiger partial charge in [0.25, 0.3) is 0 Å². The highest BCUT2D eigenvalue weighted by Crippen LogP contribution is 2.34. The predicted molar refractivity (Wildman–Crippen MR) is 118 cm³/mol. The van der Waals surface area contributed by atoms with Crippen LogP contribution in [0.3, 0.4) is 0 Å². The second-order valence-electron chi connectivity index (χ2n) is 6.76. The van der Waals surface area contributed by atoms with Crippen molar-refractivity contribution in [2.75, 3.05) is 0 Å². The van der Waals surface area contributed by atoms with E-state index in [0.29, 0.717) is 16.1 Å². The Morgan fingerprint density at radius 3 is 1.97 bits per heavy atom. The van der Waals surface area contributed by atoms with Crippen molar-refractivity contribution in [1.82, 2.24) is 0 Å². The summed E-state index contributed by atoms with van der Waals surface area (Å²) in [7, 11) is -1.64. The summed E-state index contributed by atoms with van der Waals surface area (Å²) in [5.74, 6) is -0.898. The zero-order chi connectivity index (χ0) is 22.6. The minimum atomic E-state index is -4.75. The Kier molecular flexibility index (Phi) is 7.57. The highest BCUT2D eigenvalue weighted by molar-refractivity contribution is 7.88. The molecule has 0 spiro atoms. The average molecular weight is 487 g/mol. The van der Waals surface area contributed by atoms with Crippen molar-refractivity contribution in [3.63, 3.8) is 0 Å². The zero-order valence-corrected chi connectivity index (χ0v) is 18.3. The number of allylic oxidation sites excluding steroid dienone is 1. The molecule has 0 N–H and O–H groups in total. The quantitative estimate of drug-likeness (QED) is 0.326. The van der Waals surface area contributed by atoms with Crippen LogP contribution in [0.1, 0.15) is 22.3 Å². The topological polar surface area (TPSA) is 17.1 Å². The molecule has 0 heterocycles. The highest BCUT2D eigenvalue weighted by atomic mass is 35.5. The molecule has 1 nitrogen and oxygen atoms in total. The molecule has 1 atom stereocenters. The number of alkyl halides is 3. The molecule has 0 saturated carbocycles. The SMILES string of the molecule is O=S(Cc1ccc(Cl)cc1)C(=Cc1ccc(F)cc1C(F)(F)F)Cc1ccc(Cl)cc1. The summed E-state index contributed by atoms with van der Waals surface area (Å²) in [6.45, 7) is 0. The fourth-order valence-electron chi connectivity index (χ4n) is 2.90. The van der Waals surface area contributed by atoms with Gasteiger partial charge in [-0.05, 0) is 59.2 Å². The number of benzene rings is 3. The van der Waals surface area contributed by atoms with Gasteiger partial charge in [0, 0.05) is 21.4 Å². The minimum Gasteiger partial charge on any atom is -0.254 e. The van der Waals surface area contributed by atoms with Gasteiger partial charge in [0.2, 0.25) is 0 Å². The molecule has 0 aromatic heterocycles. The first-order chi connectivity index (χ1) is 14.6. The molecule has 0 aliphatic carbocycles. The van der Waals surface area contributed by atoms with Gasteiger partial charge in [0.1, 0.15) is 5.82 Å². The molecule has 31 heavy (non-hydrogen) atoms. The van der Waals surface area contributed by atoms with Crippen molar-refractivity contribution in [3.05, 3.63) is 110 Å². The molecular formula is C23H16Cl2F4OS. The first kappa shape index (κ1) is 23.5. The van der Waals surface area contributed by atoms with Crippen LogP contribution in [0.25, 0.3) is 6.08 Å².